The van der Waals surface area contributed by atoms with Gasteiger partial charge in [0.2, 0.25) is 10.0 Å². The lowest BCUT2D eigenvalue weighted by Crippen LogP contribution is -2.48. The molecule has 2 aliphatic rings. The Morgan fingerprint density at radius 2 is 1.73 bits per heavy atom. The first-order valence-electron chi connectivity index (χ1n) is 11.0. The number of hydrogen-bond acceptors (Lipinski definition) is 4. The van der Waals surface area contributed by atoms with Crippen LogP contribution >= 0.6 is 0 Å². The second kappa shape index (κ2) is 8.28. The van der Waals surface area contributed by atoms with Gasteiger partial charge in [-0.25, -0.2) is 8.42 Å². The molecule has 1 N–H and O–H groups in total. The minimum atomic E-state index is -3.69. The monoisotopic (exact) mass is 463 g/mol. The number of hydrogen-bond donors (Lipinski definition) is 1. The number of nitrogens with one attached hydrogen (secondary N) is 1. The average molecular weight is 464 g/mol. The molecule has 2 bridgehead atoms. The number of rotatable bonds is 4. The molecule has 2 aliphatic heterocycles. The summed E-state index contributed by atoms with van der Waals surface area (Å²) in [6, 6.07) is 18.8. The SMILES string of the molecule is Cc1cccc(C(=O)Nc2ccc(S(=O)(=O)N3C[C@H]4C[C@@H](C3)c3cccc(=O)n3C4)cc2)c1. The van der Waals surface area contributed by atoms with Crippen LogP contribution in [0.15, 0.2) is 76.4 Å². The minimum Gasteiger partial charge on any atom is -0.322 e. The van der Waals surface area contributed by atoms with E-state index in [1.54, 1.807) is 41.0 Å². The molecule has 3 heterocycles. The Hall–Kier alpha value is -3.23. The Morgan fingerprint density at radius 3 is 2.48 bits per heavy atom. The summed E-state index contributed by atoms with van der Waals surface area (Å²) in [4.78, 5) is 24.9. The second-order valence-corrected chi connectivity index (χ2v) is 10.8. The molecule has 0 aliphatic carbocycles. The maximum Gasteiger partial charge on any atom is 0.255 e. The summed E-state index contributed by atoms with van der Waals surface area (Å²) >= 11 is 0. The zero-order valence-corrected chi connectivity index (χ0v) is 19.1. The fourth-order valence-corrected chi connectivity index (χ4v) is 6.46. The number of benzene rings is 2. The van der Waals surface area contributed by atoms with Crippen molar-refractivity contribution in [2.45, 2.75) is 30.7 Å². The molecular weight excluding hydrogens is 438 g/mol. The maximum atomic E-state index is 13.4. The van der Waals surface area contributed by atoms with Crippen LogP contribution in [0.2, 0.25) is 0 Å². The number of fused-ring (bicyclic) bond motifs is 4. The lowest BCUT2D eigenvalue weighted by atomic mass is 9.84. The predicted molar refractivity (Wildman–Crippen MR) is 126 cm³/mol. The Morgan fingerprint density at radius 1 is 0.970 bits per heavy atom. The first kappa shape index (κ1) is 21.6. The van der Waals surface area contributed by atoms with Gasteiger partial charge in [0.05, 0.1) is 4.90 Å². The maximum absolute atomic E-state index is 13.4. The summed E-state index contributed by atoms with van der Waals surface area (Å²) in [6.07, 6.45) is 0.888. The van der Waals surface area contributed by atoms with Crippen LogP contribution in [0.25, 0.3) is 0 Å². The number of piperidine rings is 1. The van der Waals surface area contributed by atoms with E-state index in [-0.39, 0.29) is 28.2 Å². The number of aromatic nitrogens is 1. The molecule has 7 nitrogen and oxygen atoms in total. The standard InChI is InChI=1S/C25H25N3O4S/c1-17-4-2-5-19(12-17)25(30)26-21-8-10-22(11-9-21)33(31,32)27-14-18-13-20(16-27)23-6-3-7-24(29)28(23)15-18/h2-12,18,20H,13-16H2,1H3,(H,26,30)/t18-,20+/m1/s1. The van der Waals surface area contributed by atoms with E-state index in [4.69, 9.17) is 0 Å². The van der Waals surface area contributed by atoms with Gasteiger partial charge in [-0.1, -0.05) is 23.8 Å². The van der Waals surface area contributed by atoms with Gasteiger partial charge in [0.15, 0.2) is 0 Å². The third kappa shape index (κ3) is 4.12. The Bertz CT molecular complexity index is 1380. The number of amides is 1. The van der Waals surface area contributed by atoms with Gasteiger partial charge in [-0.3, -0.25) is 9.59 Å². The van der Waals surface area contributed by atoms with Gasteiger partial charge in [-0.05, 0) is 61.7 Å². The highest BCUT2D eigenvalue weighted by Gasteiger charge is 2.39. The summed E-state index contributed by atoms with van der Waals surface area (Å²) in [6.45, 7) is 3.21. The molecule has 0 radical (unpaired) electrons. The quantitative estimate of drug-likeness (QED) is 0.644. The fraction of sp³-hybridized carbons (Fsp3) is 0.280. The number of aryl methyl sites for hydroxylation is 1. The minimum absolute atomic E-state index is 0.00839. The van der Waals surface area contributed by atoms with Crippen molar-refractivity contribution in [2.24, 2.45) is 5.92 Å². The van der Waals surface area contributed by atoms with E-state index in [9.17, 15) is 18.0 Å². The van der Waals surface area contributed by atoms with E-state index < -0.39 is 10.0 Å². The Labute approximate surface area is 192 Å². The van der Waals surface area contributed by atoms with Crippen molar-refractivity contribution >= 4 is 21.6 Å². The molecule has 2 atom stereocenters. The number of nitrogens with zero attached hydrogens (tertiary/aromatic N) is 2. The zero-order valence-electron chi connectivity index (χ0n) is 18.3. The lowest BCUT2D eigenvalue weighted by Gasteiger charge is -2.42. The molecule has 1 saturated heterocycles. The van der Waals surface area contributed by atoms with Crippen LogP contribution in [0.5, 0.6) is 0 Å². The van der Waals surface area contributed by atoms with Crippen LogP contribution in [-0.4, -0.2) is 36.3 Å². The van der Waals surface area contributed by atoms with Crippen LogP contribution in [0, 0.1) is 12.8 Å². The predicted octanol–water partition coefficient (Wildman–Crippen LogP) is 3.22. The Balaban J connectivity index is 1.33. The molecule has 0 saturated carbocycles. The molecule has 3 aromatic rings. The van der Waals surface area contributed by atoms with E-state index in [1.165, 1.54) is 16.4 Å². The first-order valence-corrected chi connectivity index (χ1v) is 12.4. The summed E-state index contributed by atoms with van der Waals surface area (Å²) in [7, 11) is -3.69. The average Bonchev–Trinajstić information content (AvgIpc) is 2.80. The molecule has 1 amide bonds. The van der Waals surface area contributed by atoms with Gasteiger partial charge in [0.1, 0.15) is 0 Å². The van der Waals surface area contributed by atoms with Crippen molar-refractivity contribution in [3.63, 3.8) is 0 Å². The molecule has 0 spiro atoms. The zero-order chi connectivity index (χ0) is 23.2. The number of carbonyl (C=O) groups is 1. The second-order valence-electron chi connectivity index (χ2n) is 8.87. The van der Waals surface area contributed by atoms with Gasteiger partial charge in [0, 0.05) is 48.6 Å². The summed E-state index contributed by atoms with van der Waals surface area (Å²) in [5.74, 6) is -0.125. The van der Waals surface area contributed by atoms with Crippen molar-refractivity contribution in [2.75, 3.05) is 18.4 Å². The van der Waals surface area contributed by atoms with E-state index in [2.05, 4.69) is 5.32 Å². The molecule has 1 fully saturated rings. The summed E-state index contributed by atoms with van der Waals surface area (Å²) in [5, 5.41) is 2.81. The van der Waals surface area contributed by atoms with Crippen molar-refractivity contribution in [1.29, 1.82) is 0 Å². The van der Waals surface area contributed by atoms with Crippen LogP contribution in [-0.2, 0) is 16.6 Å². The van der Waals surface area contributed by atoms with E-state index >= 15 is 0 Å². The van der Waals surface area contributed by atoms with Crippen LogP contribution in [0.1, 0.15) is 34.0 Å². The van der Waals surface area contributed by atoms with Gasteiger partial charge in [0.25, 0.3) is 11.5 Å². The lowest BCUT2D eigenvalue weighted by molar-refractivity contribution is 0.102. The van der Waals surface area contributed by atoms with Crippen molar-refractivity contribution < 1.29 is 13.2 Å². The summed E-state index contributed by atoms with van der Waals surface area (Å²) in [5.41, 5.74) is 2.95. The number of sulfonamides is 1. The van der Waals surface area contributed by atoms with Crippen LogP contribution < -0.4 is 10.9 Å². The third-order valence-electron chi connectivity index (χ3n) is 6.48. The smallest absolute Gasteiger partial charge is 0.255 e. The Kier molecular flexibility index (Phi) is 5.42. The summed E-state index contributed by atoms with van der Waals surface area (Å²) < 4.78 is 30.0. The largest absolute Gasteiger partial charge is 0.322 e. The van der Waals surface area contributed by atoms with E-state index in [0.717, 1.165) is 17.7 Å². The fourth-order valence-electron chi connectivity index (χ4n) is 4.90. The van der Waals surface area contributed by atoms with Crippen LogP contribution in [0.4, 0.5) is 5.69 Å². The number of pyridine rings is 1. The third-order valence-corrected chi connectivity index (χ3v) is 8.32. The number of anilines is 1. The van der Waals surface area contributed by atoms with Crippen molar-refractivity contribution in [3.8, 4) is 0 Å². The molecule has 33 heavy (non-hydrogen) atoms. The highest BCUT2D eigenvalue weighted by Crippen LogP contribution is 2.37. The van der Waals surface area contributed by atoms with Crippen molar-refractivity contribution in [1.82, 2.24) is 8.87 Å². The van der Waals surface area contributed by atoms with Gasteiger partial charge >= 0.3 is 0 Å². The van der Waals surface area contributed by atoms with E-state index in [1.807, 2.05) is 25.1 Å². The van der Waals surface area contributed by atoms with Crippen molar-refractivity contribution in [3.05, 3.63) is 93.9 Å². The van der Waals surface area contributed by atoms with Gasteiger partial charge < -0.3 is 9.88 Å². The normalized spacial score (nSPS) is 20.2. The molecule has 5 rings (SSSR count). The van der Waals surface area contributed by atoms with Gasteiger partial charge in [-0.2, -0.15) is 4.31 Å². The van der Waals surface area contributed by atoms with Gasteiger partial charge in [-0.15, -0.1) is 0 Å². The molecule has 170 valence electrons. The molecule has 2 aromatic carbocycles. The molecule has 8 heteroatoms. The van der Waals surface area contributed by atoms with Crippen LogP contribution in [0.3, 0.4) is 0 Å². The van der Waals surface area contributed by atoms with E-state index in [0.29, 0.717) is 30.9 Å². The topological polar surface area (TPSA) is 88.5 Å². The number of carbonyl (C=O) groups excluding carboxylic acids is 1. The first-order chi connectivity index (χ1) is 15.8. The highest BCUT2D eigenvalue weighted by molar-refractivity contribution is 7.89. The molecular formula is C25H25N3O4S. The molecule has 0 unspecified atom stereocenters. The molecule has 1 aromatic heterocycles. The highest BCUT2D eigenvalue weighted by atomic mass is 32.2.